The first kappa shape index (κ1) is 16.5. The Kier molecular flexibility index (Phi) is 6.56. The molecule has 0 bridgehead atoms. The molecule has 20 heavy (non-hydrogen) atoms. The van der Waals surface area contributed by atoms with E-state index in [9.17, 15) is 4.79 Å². The standard InChI is InChI=1S/C14H11Cl2NO.C2H6/c1-9-2-5-11(6-3-9)17-14(18)12-7-4-10(15)8-13(12)16;1-2/h2-8H,1H3,(H,17,18);1-2H3. The van der Waals surface area contributed by atoms with Crippen LogP contribution in [0.15, 0.2) is 42.5 Å². The number of carbonyl (C=O) groups is 1. The van der Waals surface area contributed by atoms with Gasteiger partial charge in [0.25, 0.3) is 5.91 Å². The van der Waals surface area contributed by atoms with Gasteiger partial charge in [0.1, 0.15) is 0 Å². The average Bonchev–Trinajstić information content (AvgIpc) is 2.43. The maximum atomic E-state index is 12.0. The van der Waals surface area contributed by atoms with Crippen LogP contribution in [0.25, 0.3) is 0 Å². The summed E-state index contributed by atoms with van der Waals surface area (Å²) in [5.41, 5.74) is 2.27. The van der Waals surface area contributed by atoms with Gasteiger partial charge in [-0.2, -0.15) is 0 Å². The topological polar surface area (TPSA) is 29.1 Å². The first-order valence-corrected chi connectivity index (χ1v) is 7.15. The number of anilines is 1. The molecule has 0 saturated carbocycles. The highest BCUT2D eigenvalue weighted by Crippen LogP contribution is 2.22. The second-order valence-corrected chi connectivity index (χ2v) is 4.79. The summed E-state index contributed by atoms with van der Waals surface area (Å²) in [6, 6.07) is 12.3. The first-order valence-electron chi connectivity index (χ1n) is 6.39. The minimum Gasteiger partial charge on any atom is -0.322 e. The van der Waals surface area contributed by atoms with E-state index >= 15 is 0 Å². The van der Waals surface area contributed by atoms with Gasteiger partial charge in [-0.25, -0.2) is 0 Å². The molecule has 0 spiro atoms. The monoisotopic (exact) mass is 309 g/mol. The lowest BCUT2D eigenvalue weighted by Gasteiger charge is -2.07. The third-order valence-corrected chi connectivity index (χ3v) is 3.03. The van der Waals surface area contributed by atoms with E-state index in [1.807, 2.05) is 45.0 Å². The van der Waals surface area contributed by atoms with E-state index in [-0.39, 0.29) is 5.91 Å². The zero-order chi connectivity index (χ0) is 15.1. The zero-order valence-electron chi connectivity index (χ0n) is 11.7. The maximum absolute atomic E-state index is 12.0. The largest absolute Gasteiger partial charge is 0.322 e. The molecule has 0 aromatic heterocycles. The Morgan fingerprint density at radius 2 is 1.60 bits per heavy atom. The van der Waals surface area contributed by atoms with Crippen LogP contribution in [0.1, 0.15) is 29.8 Å². The van der Waals surface area contributed by atoms with Gasteiger partial charge >= 0.3 is 0 Å². The van der Waals surface area contributed by atoms with E-state index in [1.165, 1.54) is 0 Å². The molecule has 1 N–H and O–H groups in total. The van der Waals surface area contributed by atoms with Crippen molar-refractivity contribution < 1.29 is 4.79 Å². The summed E-state index contributed by atoms with van der Waals surface area (Å²) in [7, 11) is 0. The molecule has 0 aliphatic heterocycles. The first-order chi connectivity index (χ1) is 9.56. The Bertz CT molecular complexity index is 580. The summed E-state index contributed by atoms with van der Waals surface area (Å²) in [5.74, 6) is -0.250. The van der Waals surface area contributed by atoms with Crippen LogP contribution in [-0.4, -0.2) is 5.91 Å². The minimum absolute atomic E-state index is 0.250. The molecular weight excluding hydrogens is 293 g/mol. The van der Waals surface area contributed by atoms with Crippen LogP contribution in [0, 0.1) is 6.92 Å². The maximum Gasteiger partial charge on any atom is 0.257 e. The highest BCUT2D eigenvalue weighted by Gasteiger charge is 2.10. The van der Waals surface area contributed by atoms with E-state index < -0.39 is 0 Å². The molecule has 0 fully saturated rings. The summed E-state index contributed by atoms with van der Waals surface area (Å²) in [6.07, 6.45) is 0. The zero-order valence-corrected chi connectivity index (χ0v) is 13.2. The van der Waals surface area contributed by atoms with Gasteiger partial charge in [0.05, 0.1) is 10.6 Å². The molecule has 106 valence electrons. The van der Waals surface area contributed by atoms with Gasteiger partial charge in [-0.3, -0.25) is 4.79 Å². The second kappa shape index (κ2) is 7.93. The van der Waals surface area contributed by atoms with Crippen LogP contribution < -0.4 is 5.32 Å². The fourth-order valence-electron chi connectivity index (χ4n) is 1.51. The third kappa shape index (κ3) is 4.55. The second-order valence-electron chi connectivity index (χ2n) is 3.94. The molecule has 0 heterocycles. The van der Waals surface area contributed by atoms with Crippen molar-refractivity contribution in [1.29, 1.82) is 0 Å². The number of hydrogen-bond donors (Lipinski definition) is 1. The predicted molar refractivity (Wildman–Crippen MR) is 86.9 cm³/mol. The summed E-state index contributed by atoms with van der Waals surface area (Å²) < 4.78 is 0. The van der Waals surface area contributed by atoms with Gasteiger partial charge in [-0.15, -0.1) is 0 Å². The lowest BCUT2D eigenvalue weighted by molar-refractivity contribution is 0.102. The molecular formula is C16H17Cl2NO. The highest BCUT2D eigenvalue weighted by atomic mass is 35.5. The number of amides is 1. The Morgan fingerprint density at radius 3 is 2.15 bits per heavy atom. The number of rotatable bonds is 2. The lowest BCUT2D eigenvalue weighted by Crippen LogP contribution is -2.12. The summed E-state index contributed by atoms with van der Waals surface area (Å²) in [6.45, 7) is 5.99. The number of carbonyl (C=O) groups excluding carboxylic acids is 1. The molecule has 0 saturated heterocycles. The van der Waals surface area contributed by atoms with Crippen LogP contribution in [-0.2, 0) is 0 Å². The Morgan fingerprint density at radius 1 is 1.00 bits per heavy atom. The summed E-state index contributed by atoms with van der Waals surface area (Å²) >= 11 is 11.8. The van der Waals surface area contributed by atoms with E-state index in [0.717, 1.165) is 11.3 Å². The van der Waals surface area contributed by atoms with Crippen LogP contribution in [0.4, 0.5) is 5.69 Å². The molecule has 2 rings (SSSR count). The van der Waals surface area contributed by atoms with Crippen molar-refractivity contribution in [3.63, 3.8) is 0 Å². The number of aryl methyl sites for hydroxylation is 1. The van der Waals surface area contributed by atoms with Crippen molar-refractivity contribution >= 4 is 34.8 Å². The van der Waals surface area contributed by atoms with Gasteiger partial charge in [0.2, 0.25) is 0 Å². The van der Waals surface area contributed by atoms with Crippen LogP contribution in [0.2, 0.25) is 10.0 Å². The summed E-state index contributed by atoms with van der Waals surface area (Å²) in [5, 5.41) is 3.63. The van der Waals surface area contributed by atoms with E-state index in [0.29, 0.717) is 15.6 Å². The molecule has 2 nitrogen and oxygen atoms in total. The quantitative estimate of drug-likeness (QED) is 0.770. The van der Waals surface area contributed by atoms with E-state index in [4.69, 9.17) is 23.2 Å². The number of benzene rings is 2. The predicted octanol–water partition coefficient (Wildman–Crippen LogP) is 5.58. The molecule has 0 atom stereocenters. The Hall–Kier alpha value is -1.51. The van der Waals surface area contributed by atoms with Gasteiger partial charge in [0.15, 0.2) is 0 Å². The number of nitrogens with one attached hydrogen (secondary N) is 1. The average molecular weight is 310 g/mol. The van der Waals surface area contributed by atoms with Gasteiger partial charge < -0.3 is 5.32 Å². The molecule has 2 aromatic rings. The van der Waals surface area contributed by atoms with Crippen molar-refractivity contribution in [2.75, 3.05) is 5.32 Å². The molecule has 2 aromatic carbocycles. The van der Waals surface area contributed by atoms with Crippen molar-refractivity contribution in [2.24, 2.45) is 0 Å². The number of halogens is 2. The molecule has 0 aliphatic rings. The Balaban J connectivity index is 0.000000956. The minimum atomic E-state index is -0.250. The SMILES string of the molecule is CC.Cc1ccc(NC(=O)c2ccc(Cl)cc2Cl)cc1. The van der Waals surface area contributed by atoms with E-state index in [1.54, 1.807) is 18.2 Å². The summed E-state index contributed by atoms with van der Waals surface area (Å²) in [4.78, 5) is 12.0. The van der Waals surface area contributed by atoms with Crippen molar-refractivity contribution in [3.05, 3.63) is 63.6 Å². The molecule has 4 heteroatoms. The number of hydrogen-bond acceptors (Lipinski definition) is 1. The molecule has 0 aliphatic carbocycles. The highest BCUT2D eigenvalue weighted by molar-refractivity contribution is 6.37. The van der Waals surface area contributed by atoms with Crippen molar-refractivity contribution in [2.45, 2.75) is 20.8 Å². The van der Waals surface area contributed by atoms with Gasteiger partial charge in [0, 0.05) is 10.7 Å². The lowest BCUT2D eigenvalue weighted by atomic mass is 10.2. The molecule has 0 unspecified atom stereocenters. The van der Waals surface area contributed by atoms with Crippen LogP contribution >= 0.6 is 23.2 Å². The fraction of sp³-hybridized carbons (Fsp3) is 0.188. The van der Waals surface area contributed by atoms with Crippen molar-refractivity contribution in [1.82, 2.24) is 0 Å². The smallest absolute Gasteiger partial charge is 0.257 e. The van der Waals surface area contributed by atoms with Gasteiger partial charge in [-0.05, 0) is 37.3 Å². The Labute approximate surface area is 129 Å². The molecule has 0 radical (unpaired) electrons. The van der Waals surface area contributed by atoms with Crippen molar-refractivity contribution in [3.8, 4) is 0 Å². The van der Waals surface area contributed by atoms with E-state index in [2.05, 4.69) is 5.32 Å². The van der Waals surface area contributed by atoms with Crippen LogP contribution in [0.3, 0.4) is 0 Å². The van der Waals surface area contributed by atoms with Gasteiger partial charge in [-0.1, -0.05) is 54.7 Å². The van der Waals surface area contributed by atoms with Crippen LogP contribution in [0.5, 0.6) is 0 Å². The fourth-order valence-corrected chi connectivity index (χ4v) is 2.00. The third-order valence-electron chi connectivity index (χ3n) is 2.49. The molecule has 1 amide bonds. The normalized spacial score (nSPS) is 9.45.